The van der Waals surface area contributed by atoms with E-state index in [0.29, 0.717) is 22.1 Å². The van der Waals surface area contributed by atoms with Crippen LogP contribution in [0.5, 0.6) is 17.2 Å². The number of nitriles is 1. The zero-order valence-electron chi connectivity index (χ0n) is 15.7. The van der Waals surface area contributed by atoms with E-state index in [-0.39, 0.29) is 0 Å². The van der Waals surface area contributed by atoms with Crippen LogP contribution in [0.1, 0.15) is 5.01 Å². The van der Waals surface area contributed by atoms with Crippen molar-refractivity contribution in [2.45, 2.75) is 0 Å². The lowest BCUT2D eigenvalue weighted by molar-refractivity contribution is 0.355. The number of rotatable bonds is 7. The second kappa shape index (κ2) is 8.93. The van der Waals surface area contributed by atoms with Crippen molar-refractivity contribution < 1.29 is 14.2 Å². The van der Waals surface area contributed by atoms with Crippen LogP contribution in [0.3, 0.4) is 0 Å². The fourth-order valence-corrected chi connectivity index (χ4v) is 3.33. The smallest absolute Gasteiger partial charge is 0.161 e. The van der Waals surface area contributed by atoms with Crippen molar-refractivity contribution in [1.82, 2.24) is 4.98 Å². The van der Waals surface area contributed by atoms with Crippen LogP contribution in [0.4, 0.5) is 5.69 Å². The second-order valence-electron chi connectivity index (χ2n) is 5.65. The molecule has 6 nitrogen and oxygen atoms in total. The van der Waals surface area contributed by atoms with Gasteiger partial charge in [-0.3, -0.25) is 0 Å². The van der Waals surface area contributed by atoms with Crippen LogP contribution in [-0.4, -0.2) is 26.3 Å². The quantitative estimate of drug-likeness (QED) is 0.581. The predicted octanol–water partition coefficient (Wildman–Crippen LogP) is 4.81. The van der Waals surface area contributed by atoms with E-state index >= 15 is 0 Å². The molecule has 0 amide bonds. The zero-order valence-corrected chi connectivity index (χ0v) is 16.5. The minimum Gasteiger partial charge on any atom is -0.497 e. The number of anilines is 1. The van der Waals surface area contributed by atoms with E-state index in [1.165, 1.54) is 11.3 Å². The number of thiazole rings is 1. The first-order valence-corrected chi connectivity index (χ1v) is 9.25. The van der Waals surface area contributed by atoms with Gasteiger partial charge in [-0.1, -0.05) is 6.07 Å². The monoisotopic (exact) mass is 393 g/mol. The van der Waals surface area contributed by atoms with Gasteiger partial charge in [-0.2, -0.15) is 5.26 Å². The van der Waals surface area contributed by atoms with Gasteiger partial charge in [0.05, 0.1) is 27.0 Å². The molecule has 0 atom stereocenters. The standard InChI is InChI=1S/C21H19N3O3S/c1-25-17-6-4-5-16(10-17)23-12-15(11-22)21-24-18(13-28-21)14-7-8-19(26-2)20(9-14)27-3/h4-10,12-13,23H,1-3H3/b15-12+. The van der Waals surface area contributed by atoms with Crippen molar-refractivity contribution in [1.29, 1.82) is 5.26 Å². The SMILES string of the molecule is COc1cccc(N/C=C(\C#N)c2nc(-c3ccc(OC)c(OC)c3)cs2)c1. The maximum atomic E-state index is 9.54. The molecule has 0 bridgehead atoms. The lowest BCUT2D eigenvalue weighted by Crippen LogP contribution is -1.92. The van der Waals surface area contributed by atoms with Crippen molar-refractivity contribution in [3.05, 3.63) is 59.1 Å². The Kier molecular flexibility index (Phi) is 6.14. The summed E-state index contributed by atoms with van der Waals surface area (Å²) in [5, 5.41) is 15.2. The van der Waals surface area contributed by atoms with E-state index in [2.05, 4.69) is 16.4 Å². The lowest BCUT2D eigenvalue weighted by atomic mass is 10.1. The molecule has 142 valence electrons. The highest BCUT2D eigenvalue weighted by molar-refractivity contribution is 7.11. The van der Waals surface area contributed by atoms with Crippen LogP contribution in [-0.2, 0) is 0 Å². The van der Waals surface area contributed by atoms with Gasteiger partial charge in [-0.15, -0.1) is 11.3 Å². The third-order valence-electron chi connectivity index (χ3n) is 3.99. The molecule has 0 aliphatic rings. The van der Waals surface area contributed by atoms with Crippen LogP contribution < -0.4 is 19.5 Å². The summed E-state index contributed by atoms with van der Waals surface area (Å²) in [6, 6.07) is 15.3. The fourth-order valence-electron chi connectivity index (χ4n) is 2.54. The van der Waals surface area contributed by atoms with Gasteiger partial charge in [0.1, 0.15) is 22.4 Å². The van der Waals surface area contributed by atoms with E-state index in [1.807, 2.05) is 47.8 Å². The van der Waals surface area contributed by atoms with Crippen LogP contribution in [0, 0.1) is 11.3 Å². The third kappa shape index (κ3) is 4.24. The Morgan fingerprint density at radius 3 is 2.61 bits per heavy atom. The Labute approximate surface area is 167 Å². The summed E-state index contributed by atoms with van der Waals surface area (Å²) in [4.78, 5) is 4.60. The van der Waals surface area contributed by atoms with Crippen molar-refractivity contribution in [3.8, 4) is 34.6 Å². The Balaban J connectivity index is 1.84. The van der Waals surface area contributed by atoms with Gasteiger partial charge in [0.25, 0.3) is 0 Å². The number of allylic oxidation sites excluding steroid dienone is 1. The summed E-state index contributed by atoms with van der Waals surface area (Å²) in [5.74, 6) is 2.02. The fraction of sp³-hybridized carbons (Fsp3) is 0.143. The molecular formula is C21H19N3O3S. The Hall–Kier alpha value is -3.50. The molecule has 0 spiro atoms. The number of nitrogens with zero attached hydrogens (tertiary/aromatic N) is 2. The van der Waals surface area contributed by atoms with E-state index in [0.717, 1.165) is 22.7 Å². The molecule has 1 N–H and O–H groups in total. The van der Waals surface area contributed by atoms with Crippen LogP contribution >= 0.6 is 11.3 Å². The van der Waals surface area contributed by atoms with Gasteiger partial charge < -0.3 is 19.5 Å². The summed E-state index contributed by atoms with van der Waals surface area (Å²) < 4.78 is 15.8. The van der Waals surface area contributed by atoms with Crippen LogP contribution in [0.25, 0.3) is 16.8 Å². The Morgan fingerprint density at radius 2 is 1.89 bits per heavy atom. The minimum atomic E-state index is 0.444. The Morgan fingerprint density at radius 1 is 1.07 bits per heavy atom. The molecule has 0 aliphatic heterocycles. The van der Waals surface area contributed by atoms with Crippen molar-refractivity contribution in [2.24, 2.45) is 0 Å². The third-order valence-corrected chi connectivity index (χ3v) is 4.86. The average Bonchev–Trinajstić information content (AvgIpc) is 3.24. The number of hydrogen-bond acceptors (Lipinski definition) is 7. The summed E-state index contributed by atoms with van der Waals surface area (Å²) in [7, 11) is 4.80. The van der Waals surface area contributed by atoms with E-state index in [9.17, 15) is 5.26 Å². The largest absolute Gasteiger partial charge is 0.497 e. The normalized spacial score (nSPS) is 10.9. The molecule has 7 heteroatoms. The Bertz CT molecular complexity index is 1040. The van der Waals surface area contributed by atoms with Gasteiger partial charge in [0.2, 0.25) is 0 Å². The predicted molar refractivity (Wildman–Crippen MR) is 111 cm³/mol. The van der Waals surface area contributed by atoms with Crippen LogP contribution in [0.2, 0.25) is 0 Å². The molecule has 0 saturated heterocycles. The van der Waals surface area contributed by atoms with Gasteiger partial charge >= 0.3 is 0 Å². The van der Waals surface area contributed by atoms with E-state index < -0.39 is 0 Å². The summed E-state index contributed by atoms with van der Waals surface area (Å²) in [6.07, 6.45) is 1.64. The second-order valence-corrected chi connectivity index (χ2v) is 6.51. The molecule has 3 rings (SSSR count). The van der Waals surface area contributed by atoms with Gasteiger partial charge in [-0.05, 0) is 30.3 Å². The number of ether oxygens (including phenoxy) is 3. The number of hydrogen-bond donors (Lipinski definition) is 1. The number of nitrogens with one attached hydrogen (secondary N) is 1. The van der Waals surface area contributed by atoms with E-state index in [4.69, 9.17) is 14.2 Å². The number of benzene rings is 2. The first-order chi connectivity index (χ1) is 13.7. The highest BCUT2D eigenvalue weighted by atomic mass is 32.1. The van der Waals surface area contributed by atoms with Crippen molar-refractivity contribution in [3.63, 3.8) is 0 Å². The molecule has 1 heterocycles. The maximum Gasteiger partial charge on any atom is 0.161 e. The molecule has 0 saturated carbocycles. The molecule has 2 aromatic carbocycles. The van der Waals surface area contributed by atoms with Gasteiger partial charge in [0, 0.05) is 28.9 Å². The molecule has 28 heavy (non-hydrogen) atoms. The molecule has 3 aromatic rings. The minimum absolute atomic E-state index is 0.444. The highest BCUT2D eigenvalue weighted by Gasteiger charge is 2.12. The molecule has 0 fully saturated rings. The molecule has 1 aromatic heterocycles. The maximum absolute atomic E-state index is 9.54. The number of methoxy groups -OCH3 is 3. The van der Waals surface area contributed by atoms with Gasteiger partial charge in [-0.25, -0.2) is 4.98 Å². The summed E-state index contributed by atoms with van der Waals surface area (Å²) in [5.41, 5.74) is 2.92. The average molecular weight is 393 g/mol. The van der Waals surface area contributed by atoms with Crippen molar-refractivity contribution in [2.75, 3.05) is 26.6 Å². The molecule has 0 radical (unpaired) electrons. The van der Waals surface area contributed by atoms with Crippen LogP contribution in [0.15, 0.2) is 54.0 Å². The molecule has 0 aliphatic carbocycles. The summed E-state index contributed by atoms with van der Waals surface area (Å²) >= 11 is 1.40. The van der Waals surface area contributed by atoms with Gasteiger partial charge in [0.15, 0.2) is 11.5 Å². The van der Waals surface area contributed by atoms with E-state index in [1.54, 1.807) is 27.5 Å². The molecular weight excluding hydrogens is 374 g/mol. The lowest BCUT2D eigenvalue weighted by Gasteiger charge is -2.08. The zero-order chi connectivity index (χ0) is 19.9. The first-order valence-electron chi connectivity index (χ1n) is 8.37. The van der Waals surface area contributed by atoms with Crippen molar-refractivity contribution >= 4 is 22.6 Å². The first kappa shape index (κ1) is 19.3. The summed E-state index contributed by atoms with van der Waals surface area (Å²) in [6.45, 7) is 0. The number of aromatic nitrogens is 1. The topological polar surface area (TPSA) is 76.4 Å². The highest BCUT2D eigenvalue weighted by Crippen LogP contribution is 2.33. The molecule has 0 unspecified atom stereocenters.